The number of fused-ring (bicyclic) bond motifs is 1. The van der Waals surface area contributed by atoms with Gasteiger partial charge in [-0.25, -0.2) is 4.98 Å². The minimum atomic E-state index is 1.02. The molecule has 144 valence electrons. The zero-order chi connectivity index (χ0) is 20.5. The third kappa shape index (κ3) is 3.29. The number of benzene rings is 4. The molecule has 1 nitrogen and oxygen atoms in total. The maximum atomic E-state index is 5.28. The minimum absolute atomic E-state index is 1.02. The Labute approximate surface area is 177 Å². The standard InChI is InChI=1S/C29H23N/c1-20-13-16-24(17-14-20)28-25-18-15-21(2)19-26(25)27(22-9-5-3-6-10-22)29(30-28)23-11-7-4-8-12-23/h3-19H,1-2H3. The fourth-order valence-electron chi connectivity index (χ4n) is 4.06. The van der Waals surface area contributed by atoms with E-state index in [9.17, 15) is 0 Å². The fourth-order valence-corrected chi connectivity index (χ4v) is 4.06. The number of pyridine rings is 1. The van der Waals surface area contributed by atoms with E-state index in [1.165, 1.54) is 33.0 Å². The lowest BCUT2D eigenvalue weighted by molar-refractivity contribution is 1.34. The first-order valence-corrected chi connectivity index (χ1v) is 10.3. The van der Waals surface area contributed by atoms with Gasteiger partial charge in [0, 0.05) is 22.1 Å². The van der Waals surface area contributed by atoms with Gasteiger partial charge in [0.2, 0.25) is 0 Å². The molecule has 0 spiro atoms. The van der Waals surface area contributed by atoms with E-state index in [1.54, 1.807) is 0 Å². The molecule has 0 bridgehead atoms. The lowest BCUT2D eigenvalue weighted by Gasteiger charge is -2.17. The highest BCUT2D eigenvalue weighted by molar-refractivity contribution is 6.08. The average molecular weight is 386 g/mol. The van der Waals surface area contributed by atoms with Crippen LogP contribution in [0.15, 0.2) is 103 Å². The van der Waals surface area contributed by atoms with Crippen LogP contribution in [0.4, 0.5) is 0 Å². The molecule has 1 aromatic heterocycles. The second kappa shape index (κ2) is 7.61. The summed E-state index contributed by atoms with van der Waals surface area (Å²) >= 11 is 0. The number of aromatic nitrogens is 1. The van der Waals surface area contributed by atoms with Gasteiger partial charge >= 0.3 is 0 Å². The van der Waals surface area contributed by atoms with Crippen molar-refractivity contribution in [3.63, 3.8) is 0 Å². The van der Waals surface area contributed by atoms with E-state index in [-0.39, 0.29) is 0 Å². The van der Waals surface area contributed by atoms with E-state index in [2.05, 4.69) is 117 Å². The molecule has 0 saturated carbocycles. The van der Waals surface area contributed by atoms with E-state index in [1.807, 2.05) is 0 Å². The molecular weight excluding hydrogens is 362 g/mol. The second-order valence-corrected chi connectivity index (χ2v) is 7.83. The van der Waals surface area contributed by atoms with Gasteiger partial charge in [0.15, 0.2) is 0 Å². The molecule has 5 rings (SSSR count). The molecule has 4 aromatic carbocycles. The van der Waals surface area contributed by atoms with Crippen LogP contribution in [0.25, 0.3) is 44.4 Å². The fraction of sp³-hybridized carbons (Fsp3) is 0.0690. The van der Waals surface area contributed by atoms with Crippen molar-refractivity contribution in [1.82, 2.24) is 4.98 Å². The van der Waals surface area contributed by atoms with Crippen molar-refractivity contribution in [2.45, 2.75) is 13.8 Å². The molecule has 0 aliphatic heterocycles. The topological polar surface area (TPSA) is 12.9 Å². The van der Waals surface area contributed by atoms with Gasteiger partial charge < -0.3 is 0 Å². The summed E-state index contributed by atoms with van der Waals surface area (Å²) < 4.78 is 0. The highest BCUT2D eigenvalue weighted by Crippen LogP contribution is 2.41. The van der Waals surface area contributed by atoms with Crippen LogP contribution in [-0.2, 0) is 0 Å². The van der Waals surface area contributed by atoms with Crippen LogP contribution in [0.5, 0.6) is 0 Å². The zero-order valence-electron chi connectivity index (χ0n) is 17.3. The van der Waals surface area contributed by atoms with Crippen LogP contribution in [0, 0.1) is 13.8 Å². The first kappa shape index (κ1) is 18.3. The van der Waals surface area contributed by atoms with Gasteiger partial charge in [-0.2, -0.15) is 0 Å². The summed E-state index contributed by atoms with van der Waals surface area (Å²) in [6.07, 6.45) is 0. The molecule has 1 heterocycles. The number of hydrogen-bond donors (Lipinski definition) is 0. The summed E-state index contributed by atoms with van der Waals surface area (Å²) in [5.74, 6) is 0. The number of rotatable bonds is 3. The van der Waals surface area contributed by atoms with Crippen molar-refractivity contribution in [3.05, 3.63) is 114 Å². The van der Waals surface area contributed by atoms with Crippen molar-refractivity contribution >= 4 is 10.8 Å². The van der Waals surface area contributed by atoms with Crippen molar-refractivity contribution in [2.75, 3.05) is 0 Å². The summed E-state index contributed by atoms with van der Waals surface area (Å²) in [5.41, 5.74) is 9.22. The van der Waals surface area contributed by atoms with Crippen LogP contribution >= 0.6 is 0 Å². The van der Waals surface area contributed by atoms with Crippen molar-refractivity contribution in [3.8, 4) is 33.6 Å². The Morgan fingerprint density at radius 3 is 1.70 bits per heavy atom. The van der Waals surface area contributed by atoms with Crippen LogP contribution in [0.1, 0.15) is 11.1 Å². The molecule has 1 heteroatoms. The third-order valence-corrected chi connectivity index (χ3v) is 5.59. The molecule has 0 aliphatic carbocycles. The predicted molar refractivity (Wildman–Crippen MR) is 128 cm³/mol. The highest BCUT2D eigenvalue weighted by Gasteiger charge is 2.18. The van der Waals surface area contributed by atoms with E-state index in [0.29, 0.717) is 0 Å². The Balaban J connectivity index is 1.93. The molecule has 0 saturated heterocycles. The van der Waals surface area contributed by atoms with Gasteiger partial charge in [-0.05, 0) is 24.8 Å². The first-order chi connectivity index (χ1) is 14.7. The van der Waals surface area contributed by atoms with Crippen LogP contribution < -0.4 is 0 Å². The maximum absolute atomic E-state index is 5.28. The van der Waals surface area contributed by atoms with E-state index >= 15 is 0 Å². The van der Waals surface area contributed by atoms with E-state index in [4.69, 9.17) is 4.98 Å². The lowest BCUT2D eigenvalue weighted by atomic mass is 9.90. The van der Waals surface area contributed by atoms with Crippen molar-refractivity contribution in [2.24, 2.45) is 0 Å². The molecule has 0 unspecified atom stereocenters. The van der Waals surface area contributed by atoms with Crippen LogP contribution in [-0.4, -0.2) is 4.98 Å². The predicted octanol–water partition coefficient (Wildman–Crippen LogP) is 7.85. The van der Waals surface area contributed by atoms with E-state index in [0.717, 1.165) is 22.5 Å². The van der Waals surface area contributed by atoms with Crippen molar-refractivity contribution < 1.29 is 0 Å². The molecule has 0 N–H and O–H groups in total. The van der Waals surface area contributed by atoms with Gasteiger partial charge in [-0.15, -0.1) is 0 Å². The summed E-state index contributed by atoms with van der Waals surface area (Å²) in [5, 5.41) is 2.42. The van der Waals surface area contributed by atoms with E-state index < -0.39 is 0 Å². The van der Waals surface area contributed by atoms with Gasteiger partial charge in [0.25, 0.3) is 0 Å². The maximum Gasteiger partial charge on any atom is 0.0794 e. The Bertz CT molecular complexity index is 1320. The molecule has 0 radical (unpaired) electrons. The minimum Gasteiger partial charge on any atom is -0.246 e. The smallest absolute Gasteiger partial charge is 0.0794 e. The quantitative estimate of drug-likeness (QED) is 0.308. The van der Waals surface area contributed by atoms with Crippen LogP contribution in [0.2, 0.25) is 0 Å². The van der Waals surface area contributed by atoms with Gasteiger partial charge in [-0.1, -0.05) is 114 Å². The molecule has 0 fully saturated rings. The normalized spacial score (nSPS) is 11.0. The summed E-state index contributed by atoms with van der Waals surface area (Å²) in [6, 6.07) is 36.5. The number of aryl methyl sites for hydroxylation is 2. The summed E-state index contributed by atoms with van der Waals surface area (Å²) in [7, 11) is 0. The first-order valence-electron chi connectivity index (χ1n) is 10.3. The lowest BCUT2D eigenvalue weighted by Crippen LogP contribution is -1.96. The molecule has 0 amide bonds. The Morgan fingerprint density at radius 2 is 1.03 bits per heavy atom. The molecule has 30 heavy (non-hydrogen) atoms. The summed E-state index contributed by atoms with van der Waals surface area (Å²) in [6.45, 7) is 4.27. The van der Waals surface area contributed by atoms with Gasteiger partial charge in [0.05, 0.1) is 11.4 Å². The Kier molecular flexibility index (Phi) is 4.65. The zero-order valence-corrected chi connectivity index (χ0v) is 17.3. The summed E-state index contributed by atoms with van der Waals surface area (Å²) in [4.78, 5) is 5.28. The molecular formula is C29H23N. The van der Waals surface area contributed by atoms with Gasteiger partial charge in [-0.3, -0.25) is 0 Å². The van der Waals surface area contributed by atoms with Gasteiger partial charge in [0.1, 0.15) is 0 Å². The largest absolute Gasteiger partial charge is 0.246 e. The number of hydrogen-bond acceptors (Lipinski definition) is 1. The van der Waals surface area contributed by atoms with Crippen molar-refractivity contribution in [1.29, 1.82) is 0 Å². The molecule has 5 aromatic rings. The van der Waals surface area contributed by atoms with Crippen LogP contribution in [0.3, 0.4) is 0 Å². The number of nitrogens with zero attached hydrogens (tertiary/aromatic N) is 1. The third-order valence-electron chi connectivity index (χ3n) is 5.59. The average Bonchev–Trinajstić information content (AvgIpc) is 2.79. The second-order valence-electron chi connectivity index (χ2n) is 7.83. The molecule has 0 atom stereocenters. The molecule has 0 aliphatic rings. The SMILES string of the molecule is Cc1ccc(-c2nc(-c3ccccc3)c(-c3ccccc3)c3cc(C)ccc23)cc1. The highest BCUT2D eigenvalue weighted by atomic mass is 14.7. The Hall–Kier alpha value is -3.71. The Morgan fingerprint density at radius 1 is 0.467 bits per heavy atom. The monoisotopic (exact) mass is 385 g/mol.